The largest absolute Gasteiger partial charge is 0.356 e. The number of amides is 2. The topological polar surface area (TPSA) is 93.1 Å². The number of hydrogen-bond acceptors (Lipinski definition) is 4. The van der Waals surface area contributed by atoms with Gasteiger partial charge in [0.1, 0.15) is 12.2 Å². The Kier molecular flexibility index (Phi) is 7.76. The van der Waals surface area contributed by atoms with Crippen molar-refractivity contribution in [1.29, 1.82) is 0 Å². The zero-order chi connectivity index (χ0) is 23.1. The molecule has 0 aliphatic heterocycles. The summed E-state index contributed by atoms with van der Waals surface area (Å²) in [5, 5.41) is 5.66. The van der Waals surface area contributed by atoms with Crippen molar-refractivity contribution in [3.63, 3.8) is 0 Å². The molecule has 1 aromatic heterocycles. The molecule has 0 spiro atoms. The van der Waals surface area contributed by atoms with Gasteiger partial charge in [-0.05, 0) is 42.2 Å². The number of para-hydroxylation sites is 2. The maximum absolute atomic E-state index is 13.1. The monoisotopic (exact) mass is 434 g/mol. The quantitative estimate of drug-likeness (QED) is 0.538. The third-order valence-electron chi connectivity index (χ3n) is 5.24. The lowest BCUT2D eigenvalue weighted by Crippen LogP contribution is -2.32. The Labute approximate surface area is 187 Å². The third kappa shape index (κ3) is 5.81. The zero-order valence-electron chi connectivity index (χ0n) is 18.9. The molecule has 0 radical (unpaired) electrons. The molecule has 0 saturated carbocycles. The maximum Gasteiger partial charge on any atom is 0.273 e. The van der Waals surface area contributed by atoms with Gasteiger partial charge in [-0.1, -0.05) is 45.0 Å². The molecular formula is C25H30N4O3. The highest BCUT2D eigenvalue weighted by Gasteiger charge is 2.15. The number of benzene rings is 2. The van der Waals surface area contributed by atoms with Crippen LogP contribution in [0, 0.1) is 0 Å². The van der Waals surface area contributed by atoms with Crippen LogP contribution in [0.15, 0.2) is 53.3 Å². The first kappa shape index (κ1) is 23.2. The summed E-state index contributed by atoms with van der Waals surface area (Å²) in [6.45, 7) is 6.67. The van der Waals surface area contributed by atoms with E-state index in [-0.39, 0.29) is 42.5 Å². The van der Waals surface area contributed by atoms with Crippen LogP contribution >= 0.6 is 0 Å². The minimum absolute atomic E-state index is 0.115. The van der Waals surface area contributed by atoms with Gasteiger partial charge in [0, 0.05) is 25.1 Å². The second-order valence-corrected chi connectivity index (χ2v) is 8.11. The Balaban J connectivity index is 1.81. The number of aryl methyl sites for hydroxylation is 1. The Morgan fingerprint density at radius 3 is 2.44 bits per heavy atom. The number of carbonyl (C=O) groups is 2. The third-order valence-corrected chi connectivity index (χ3v) is 5.24. The van der Waals surface area contributed by atoms with Crippen LogP contribution in [0.4, 0.5) is 5.69 Å². The average Bonchev–Trinajstić information content (AvgIpc) is 2.78. The summed E-state index contributed by atoms with van der Waals surface area (Å²) in [6.07, 6.45) is 1.24. The predicted molar refractivity (Wildman–Crippen MR) is 127 cm³/mol. The van der Waals surface area contributed by atoms with Gasteiger partial charge in [-0.25, -0.2) is 4.98 Å². The van der Waals surface area contributed by atoms with E-state index in [9.17, 15) is 14.4 Å². The molecule has 32 heavy (non-hydrogen) atoms. The smallest absolute Gasteiger partial charge is 0.273 e. The summed E-state index contributed by atoms with van der Waals surface area (Å²) >= 11 is 0. The van der Waals surface area contributed by atoms with Gasteiger partial charge >= 0.3 is 0 Å². The summed E-state index contributed by atoms with van der Waals surface area (Å²) in [6, 6.07) is 14.9. The summed E-state index contributed by atoms with van der Waals surface area (Å²) in [5.74, 6) is -0.00766. The second-order valence-electron chi connectivity index (χ2n) is 8.11. The molecule has 2 amide bonds. The van der Waals surface area contributed by atoms with Gasteiger partial charge in [-0.3, -0.25) is 19.0 Å². The maximum atomic E-state index is 13.1. The summed E-state index contributed by atoms with van der Waals surface area (Å²) in [7, 11) is 0. The number of hydrogen-bond donors (Lipinski definition) is 2. The molecule has 2 N–H and O–H groups in total. The van der Waals surface area contributed by atoms with Crippen LogP contribution in [0.5, 0.6) is 0 Å². The van der Waals surface area contributed by atoms with E-state index in [4.69, 9.17) is 0 Å². The van der Waals surface area contributed by atoms with Crippen molar-refractivity contribution in [3.05, 3.63) is 70.1 Å². The van der Waals surface area contributed by atoms with Crippen molar-refractivity contribution < 1.29 is 9.59 Å². The first-order valence-corrected chi connectivity index (χ1v) is 11.0. The molecule has 2 aromatic carbocycles. The molecular weight excluding hydrogens is 404 g/mol. The molecule has 0 fully saturated rings. The zero-order valence-corrected chi connectivity index (χ0v) is 18.9. The van der Waals surface area contributed by atoms with Crippen molar-refractivity contribution in [2.75, 3.05) is 11.9 Å². The molecule has 0 aliphatic rings. The molecule has 0 aliphatic carbocycles. The predicted octanol–water partition coefficient (Wildman–Crippen LogP) is 3.62. The molecule has 3 aromatic rings. The number of fused-ring (bicyclic) bond motifs is 1. The molecule has 0 atom stereocenters. The first-order chi connectivity index (χ1) is 15.4. The Hall–Kier alpha value is -3.48. The molecule has 7 nitrogen and oxygen atoms in total. The number of rotatable bonds is 9. The van der Waals surface area contributed by atoms with E-state index in [1.165, 1.54) is 10.1 Å². The highest BCUT2D eigenvalue weighted by Crippen LogP contribution is 2.17. The van der Waals surface area contributed by atoms with Crippen molar-refractivity contribution in [2.45, 2.75) is 52.5 Å². The Morgan fingerprint density at radius 1 is 1.03 bits per heavy atom. The average molecular weight is 435 g/mol. The standard InChI is InChI=1S/C25H30N4O3/c1-4-15-26-23(30)14-13-21-25(32)29(22-8-6-5-7-20(22)28-21)16-24(31)27-19-11-9-18(10-12-19)17(2)3/h5-12,17H,4,13-16H2,1-3H3,(H,26,30)(H,27,31). The molecule has 3 rings (SSSR count). The van der Waals surface area contributed by atoms with Gasteiger partial charge in [-0.2, -0.15) is 0 Å². The van der Waals surface area contributed by atoms with Crippen LogP contribution < -0.4 is 16.2 Å². The number of anilines is 1. The van der Waals surface area contributed by atoms with Gasteiger partial charge in [-0.15, -0.1) is 0 Å². The van der Waals surface area contributed by atoms with Crippen LogP contribution in [-0.2, 0) is 22.6 Å². The molecule has 168 valence electrons. The highest BCUT2D eigenvalue weighted by molar-refractivity contribution is 5.91. The van der Waals surface area contributed by atoms with Crippen molar-refractivity contribution in [2.24, 2.45) is 0 Å². The molecule has 0 saturated heterocycles. The first-order valence-electron chi connectivity index (χ1n) is 11.0. The van der Waals surface area contributed by atoms with Crippen molar-refractivity contribution >= 4 is 28.5 Å². The van der Waals surface area contributed by atoms with Gasteiger partial charge in [0.25, 0.3) is 5.56 Å². The highest BCUT2D eigenvalue weighted by atomic mass is 16.2. The van der Waals surface area contributed by atoms with E-state index in [0.29, 0.717) is 29.2 Å². The molecule has 0 bridgehead atoms. The minimum atomic E-state index is -0.350. The summed E-state index contributed by atoms with van der Waals surface area (Å²) in [5.41, 5.74) is 3.00. The minimum Gasteiger partial charge on any atom is -0.356 e. The number of aromatic nitrogens is 2. The van der Waals surface area contributed by atoms with E-state index >= 15 is 0 Å². The lowest BCUT2D eigenvalue weighted by atomic mass is 10.0. The number of nitrogens with one attached hydrogen (secondary N) is 2. The number of nitrogens with zero attached hydrogens (tertiary/aromatic N) is 2. The fourth-order valence-electron chi connectivity index (χ4n) is 3.45. The summed E-state index contributed by atoms with van der Waals surface area (Å²) in [4.78, 5) is 42.3. The van der Waals surface area contributed by atoms with Crippen LogP contribution in [0.1, 0.15) is 50.8 Å². The SMILES string of the molecule is CCCNC(=O)CCc1nc2ccccc2n(CC(=O)Nc2ccc(C(C)C)cc2)c1=O. The Bertz CT molecular complexity index is 1150. The van der Waals surface area contributed by atoms with Gasteiger partial charge in [0.05, 0.1) is 11.0 Å². The van der Waals surface area contributed by atoms with Crippen LogP contribution in [-0.4, -0.2) is 27.9 Å². The molecule has 1 heterocycles. The summed E-state index contributed by atoms with van der Waals surface area (Å²) < 4.78 is 1.43. The van der Waals surface area contributed by atoms with E-state index in [0.717, 1.165) is 6.42 Å². The van der Waals surface area contributed by atoms with E-state index in [2.05, 4.69) is 29.5 Å². The fraction of sp³-hybridized carbons (Fsp3) is 0.360. The van der Waals surface area contributed by atoms with Crippen LogP contribution in [0.2, 0.25) is 0 Å². The normalized spacial score (nSPS) is 11.0. The van der Waals surface area contributed by atoms with Crippen molar-refractivity contribution in [3.8, 4) is 0 Å². The van der Waals surface area contributed by atoms with Crippen LogP contribution in [0.25, 0.3) is 11.0 Å². The van der Waals surface area contributed by atoms with Gasteiger partial charge < -0.3 is 10.6 Å². The lowest BCUT2D eigenvalue weighted by Gasteiger charge is -2.13. The van der Waals surface area contributed by atoms with Crippen LogP contribution in [0.3, 0.4) is 0 Å². The van der Waals surface area contributed by atoms with Gasteiger partial charge in [0.2, 0.25) is 11.8 Å². The Morgan fingerprint density at radius 2 is 1.75 bits per heavy atom. The van der Waals surface area contributed by atoms with E-state index < -0.39 is 0 Å². The van der Waals surface area contributed by atoms with E-state index in [1.54, 1.807) is 18.2 Å². The van der Waals surface area contributed by atoms with Gasteiger partial charge in [0.15, 0.2) is 0 Å². The molecule has 0 unspecified atom stereocenters. The fourth-order valence-corrected chi connectivity index (χ4v) is 3.45. The lowest BCUT2D eigenvalue weighted by molar-refractivity contribution is -0.121. The second kappa shape index (κ2) is 10.7. The molecule has 7 heteroatoms. The van der Waals surface area contributed by atoms with Crippen molar-refractivity contribution in [1.82, 2.24) is 14.9 Å². The number of carbonyl (C=O) groups excluding carboxylic acids is 2. The van der Waals surface area contributed by atoms with E-state index in [1.807, 2.05) is 37.3 Å².